The van der Waals surface area contributed by atoms with Crippen molar-refractivity contribution in [1.82, 2.24) is 19.6 Å². The van der Waals surface area contributed by atoms with E-state index < -0.39 is 0 Å². The minimum atomic E-state index is -0.124. The molecule has 0 N–H and O–H groups in total. The molecule has 0 atom stereocenters. The summed E-state index contributed by atoms with van der Waals surface area (Å²) < 4.78 is 10.8. The van der Waals surface area contributed by atoms with Gasteiger partial charge < -0.3 is 9.64 Å². The van der Waals surface area contributed by atoms with Crippen LogP contribution in [0.15, 0.2) is 17.0 Å². The molecule has 0 aromatic carbocycles. The van der Waals surface area contributed by atoms with Gasteiger partial charge in [0.1, 0.15) is 12.1 Å². The second-order valence-electron chi connectivity index (χ2n) is 10.8. The van der Waals surface area contributed by atoms with Crippen LogP contribution >= 0.6 is 11.9 Å². The number of ether oxygens (including phenoxy) is 1. The van der Waals surface area contributed by atoms with Crippen LogP contribution in [0.4, 0.5) is 5.82 Å². The summed E-state index contributed by atoms with van der Waals surface area (Å²) in [5.74, 6) is 4.14. The molecular weight excluding hydrogens is 452 g/mol. The highest BCUT2D eigenvalue weighted by molar-refractivity contribution is 7.99. The highest BCUT2D eigenvalue weighted by Gasteiger charge is 2.58. The van der Waals surface area contributed by atoms with Crippen molar-refractivity contribution in [1.29, 1.82) is 0 Å². The second-order valence-corrected chi connectivity index (χ2v) is 11.9. The lowest BCUT2D eigenvalue weighted by molar-refractivity contribution is -0.150. The van der Waals surface area contributed by atoms with E-state index in [2.05, 4.69) is 24.5 Å². The molecule has 1 aliphatic heterocycles. The lowest BCUT2D eigenvalue weighted by Crippen LogP contribution is -2.56. The van der Waals surface area contributed by atoms with Gasteiger partial charge >= 0.3 is 5.97 Å². The lowest BCUT2D eigenvalue weighted by atomic mass is 9.51. The number of hydrogen-bond acceptors (Lipinski definition) is 9. The lowest BCUT2D eigenvalue weighted by Gasteiger charge is -2.59. The summed E-state index contributed by atoms with van der Waals surface area (Å²) in [5.41, 5.74) is 0.901. The van der Waals surface area contributed by atoms with Crippen LogP contribution in [-0.2, 0) is 9.53 Å². The quantitative estimate of drug-likeness (QED) is 0.327. The highest BCUT2D eigenvalue weighted by Crippen LogP contribution is 2.64. The van der Waals surface area contributed by atoms with Crippen LogP contribution in [0.1, 0.15) is 57.1 Å². The van der Waals surface area contributed by atoms with Gasteiger partial charge in [-0.3, -0.25) is 4.79 Å². The zero-order chi connectivity index (χ0) is 23.3. The summed E-state index contributed by atoms with van der Waals surface area (Å²) >= 11 is 1.26. The van der Waals surface area contributed by atoms with Crippen LogP contribution in [0.3, 0.4) is 0 Å². The molecule has 0 unspecified atom stereocenters. The van der Waals surface area contributed by atoms with Crippen LogP contribution in [0.2, 0.25) is 0 Å². The SMILES string of the molecule is Cc1cc(N2CCC(C(=O)OCCC3(SN=O)C4CC5CC(C4)CC3C5)CC2)n2ncnc2n1. The fourth-order valence-electron chi connectivity index (χ4n) is 7.56. The van der Waals surface area contributed by atoms with Crippen LogP contribution in [0.5, 0.6) is 0 Å². The number of esters is 1. The Balaban J connectivity index is 1.05. The number of nitroso groups, excluding NO2 is 1. The molecule has 4 bridgehead atoms. The Kier molecular flexibility index (Phi) is 5.74. The molecule has 2 aromatic rings. The average Bonchev–Trinajstić information content (AvgIpc) is 3.30. The van der Waals surface area contributed by atoms with E-state index in [0.29, 0.717) is 24.2 Å². The van der Waals surface area contributed by atoms with Gasteiger partial charge in [0.25, 0.3) is 5.78 Å². The van der Waals surface area contributed by atoms with E-state index in [1.165, 1.54) is 50.4 Å². The van der Waals surface area contributed by atoms with Gasteiger partial charge in [-0.15, -0.1) is 4.91 Å². The van der Waals surface area contributed by atoms with E-state index in [-0.39, 0.29) is 16.6 Å². The third kappa shape index (κ3) is 3.78. The molecule has 5 aliphatic rings. The smallest absolute Gasteiger partial charge is 0.309 e. The predicted octanol–water partition coefficient (Wildman–Crippen LogP) is 4.19. The van der Waals surface area contributed by atoms with E-state index in [4.69, 9.17) is 4.74 Å². The van der Waals surface area contributed by atoms with E-state index in [9.17, 15) is 9.70 Å². The Morgan fingerprint density at radius 2 is 1.88 bits per heavy atom. The Hall–Kier alpha value is -2.23. The van der Waals surface area contributed by atoms with Crippen LogP contribution < -0.4 is 4.90 Å². The minimum absolute atomic E-state index is 0.0864. The standard InChI is InChI=1S/C24H32N6O3S/c1-15-8-21(30-23(27-15)25-14-26-30)29-5-2-18(3-6-29)22(31)33-7-4-24(34-28-32)19-10-16-9-17(12-19)13-20(24)11-16/h8,14,16-20H,2-7,9-13H2,1H3. The Morgan fingerprint density at radius 3 is 2.56 bits per heavy atom. The number of anilines is 1. The van der Waals surface area contributed by atoms with Crippen molar-refractivity contribution < 1.29 is 9.53 Å². The Bertz CT molecular complexity index is 1050. The molecule has 0 spiro atoms. The van der Waals surface area contributed by atoms with Gasteiger partial charge in [-0.2, -0.15) is 14.6 Å². The monoisotopic (exact) mass is 484 g/mol. The largest absolute Gasteiger partial charge is 0.465 e. The molecule has 7 rings (SSSR count). The first-order valence-corrected chi connectivity index (χ1v) is 13.4. The maximum absolute atomic E-state index is 12.9. The molecule has 4 saturated carbocycles. The predicted molar refractivity (Wildman–Crippen MR) is 129 cm³/mol. The third-order valence-corrected chi connectivity index (χ3v) is 10.3. The van der Waals surface area contributed by atoms with Gasteiger partial charge in [0.2, 0.25) is 0 Å². The van der Waals surface area contributed by atoms with E-state index >= 15 is 0 Å². The first-order valence-electron chi connectivity index (χ1n) is 12.7. The zero-order valence-corrected chi connectivity index (χ0v) is 20.5. The van der Waals surface area contributed by atoms with Crippen LogP contribution in [-0.4, -0.2) is 50.0 Å². The van der Waals surface area contributed by atoms with Gasteiger partial charge in [0.15, 0.2) is 0 Å². The fraction of sp³-hybridized carbons (Fsp3) is 0.750. The number of carbonyl (C=O) groups excluding carboxylic acids is 1. The normalized spacial score (nSPS) is 32.9. The van der Waals surface area contributed by atoms with Gasteiger partial charge in [-0.25, -0.2) is 4.98 Å². The fourth-order valence-corrected chi connectivity index (χ4v) is 8.56. The summed E-state index contributed by atoms with van der Waals surface area (Å²) in [7, 11) is 0. The molecule has 1 saturated heterocycles. The van der Waals surface area contributed by atoms with Crippen molar-refractivity contribution in [2.75, 3.05) is 24.6 Å². The summed E-state index contributed by atoms with van der Waals surface area (Å²) in [6.45, 7) is 3.88. The third-order valence-electron chi connectivity index (χ3n) is 8.98. The maximum Gasteiger partial charge on any atom is 0.309 e. The summed E-state index contributed by atoms with van der Waals surface area (Å²) in [6, 6.07) is 2.02. The van der Waals surface area contributed by atoms with Crippen molar-refractivity contribution in [3.8, 4) is 0 Å². The Labute approximate surface area is 203 Å². The van der Waals surface area contributed by atoms with Crippen molar-refractivity contribution in [3.63, 3.8) is 0 Å². The van der Waals surface area contributed by atoms with E-state index in [1.807, 2.05) is 13.0 Å². The molecule has 9 nitrogen and oxygen atoms in total. The molecule has 34 heavy (non-hydrogen) atoms. The molecular formula is C24H32N6O3S. The topological polar surface area (TPSA) is 102 Å². The van der Waals surface area contributed by atoms with Crippen molar-refractivity contribution in [2.45, 2.75) is 63.0 Å². The van der Waals surface area contributed by atoms with E-state index in [1.54, 1.807) is 4.52 Å². The molecule has 4 aliphatic carbocycles. The summed E-state index contributed by atoms with van der Waals surface area (Å²) in [4.78, 5) is 35.1. The number of piperidine rings is 1. The highest BCUT2D eigenvalue weighted by atomic mass is 32.2. The summed E-state index contributed by atoms with van der Waals surface area (Å²) in [5, 5.41) is 4.30. The minimum Gasteiger partial charge on any atom is -0.465 e. The van der Waals surface area contributed by atoms with Gasteiger partial charge in [0, 0.05) is 41.4 Å². The van der Waals surface area contributed by atoms with Gasteiger partial charge in [0.05, 0.1) is 17.3 Å². The number of nitrogens with zero attached hydrogens (tertiary/aromatic N) is 6. The number of hydrogen-bond donors (Lipinski definition) is 0. The first kappa shape index (κ1) is 22.2. The molecule has 10 heteroatoms. The number of carbonyl (C=O) groups is 1. The first-order chi connectivity index (χ1) is 16.6. The molecule has 0 amide bonds. The molecule has 5 fully saturated rings. The van der Waals surface area contributed by atoms with Gasteiger partial charge in [-0.05, 0) is 82.0 Å². The molecule has 2 aromatic heterocycles. The van der Waals surface area contributed by atoms with Crippen LogP contribution in [0, 0.1) is 41.4 Å². The number of fused-ring (bicyclic) bond motifs is 1. The Morgan fingerprint density at radius 1 is 1.18 bits per heavy atom. The summed E-state index contributed by atoms with van der Waals surface area (Å²) in [6.07, 6.45) is 10.0. The second kappa shape index (κ2) is 8.77. The molecule has 0 radical (unpaired) electrons. The van der Waals surface area contributed by atoms with Crippen molar-refractivity contribution in [2.24, 2.45) is 34.2 Å². The molecule has 3 heterocycles. The van der Waals surface area contributed by atoms with E-state index in [0.717, 1.165) is 55.7 Å². The number of aryl methyl sites for hydroxylation is 1. The van der Waals surface area contributed by atoms with Crippen molar-refractivity contribution in [3.05, 3.63) is 23.0 Å². The number of aromatic nitrogens is 4. The van der Waals surface area contributed by atoms with Crippen molar-refractivity contribution >= 4 is 29.5 Å². The molecule has 182 valence electrons. The number of rotatable bonds is 7. The maximum atomic E-state index is 12.9. The van der Waals surface area contributed by atoms with Gasteiger partial charge in [-0.1, -0.05) is 0 Å². The average molecular weight is 485 g/mol. The zero-order valence-electron chi connectivity index (χ0n) is 19.6. The van der Waals surface area contributed by atoms with Crippen LogP contribution in [0.25, 0.3) is 5.78 Å².